The first-order chi connectivity index (χ1) is 14.8. The van der Waals surface area contributed by atoms with Gasteiger partial charge in [0.1, 0.15) is 0 Å². The van der Waals surface area contributed by atoms with E-state index in [9.17, 15) is 5.11 Å². The predicted octanol–water partition coefficient (Wildman–Crippen LogP) is 9.72. The first-order valence-corrected chi connectivity index (χ1v) is 14.1. The van der Waals surface area contributed by atoms with Gasteiger partial charge in [0.15, 0.2) is 6.29 Å². The zero-order valence-electron chi connectivity index (χ0n) is 21.1. The highest BCUT2D eigenvalue weighted by Gasteiger charge is 2.03. The van der Waals surface area contributed by atoms with E-state index in [1.807, 2.05) is 0 Å². The van der Waals surface area contributed by atoms with Crippen LogP contribution in [-0.4, -0.2) is 18.0 Å². The summed E-state index contributed by atoms with van der Waals surface area (Å²) in [7, 11) is 0. The Hall–Kier alpha value is -0.0800. The molecule has 0 bridgehead atoms. The summed E-state index contributed by atoms with van der Waals surface area (Å²) in [6.45, 7) is 5.29. The molecule has 0 amide bonds. The Kier molecular flexibility index (Phi) is 26.9. The van der Waals surface area contributed by atoms with E-state index in [4.69, 9.17) is 4.74 Å². The third-order valence-electron chi connectivity index (χ3n) is 6.36. The molecular formula is C28H58O2. The van der Waals surface area contributed by atoms with Crippen LogP contribution in [0.3, 0.4) is 0 Å². The van der Waals surface area contributed by atoms with Gasteiger partial charge in [0.05, 0.1) is 0 Å². The highest BCUT2D eigenvalue weighted by molar-refractivity contribution is 4.51. The molecule has 0 aromatic carbocycles. The summed E-state index contributed by atoms with van der Waals surface area (Å²) in [5.74, 6) is 0. The van der Waals surface area contributed by atoms with E-state index >= 15 is 0 Å². The average molecular weight is 427 g/mol. The molecule has 0 heterocycles. The molecule has 1 atom stereocenters. The van der Waals surface area contributed by atoms with Gasteiger partial charge in [-0.2, -0.15) is 0 Å². The number of hydrogen-bond acceptors (Lipinski definition) is 2. The molecule has 1 unspecified atom stereocenters. The fraction of sp³-hybridized carbons (Fsp3) is 1.00. The smallest absolute Gasteiger partial charge is 0.154 e. The predicted molar refractivity (Wildman–Crippen MR) is 134 cm³/mol. The van der Waals surface area contributed by atoms with E-state index in [1.165, 1.54) is 135 Å². The van der Waals surface area contributed by atoms with E-state index in [0.29, 0.717) is 0 Å². The van der Waals surface area contributed by atoms with Gasteiger partial charge in [0.25, 0.3) is 0 Å². The molecular weight excluding hydrogens is 368 g/mol. The molecule has 0 aliphatic rings. The summed E-state index contributed by atoms with van der Waals surface area (Å²) < 4.78 is 5.58. The number of ether oxygens (including phenoxy) is 1. The van der Waals surface area contributed by atoms with Gasteiger partial charge in [-0.05, 0) is 19.3 Å². The SMILES string of the molecule is CCCCCCCCCCCCCCCCOC(O)CCCCCCCCCCC. The fourth-order valence-electron chi connectivity index (χ4n) is 4.23. The zero-order valence-corrected chi connectivity index (χ0v) is 21.1. The second-order valence-corrected chi connectivity index (χ2v) is 9.54. The monoisotopic (exact) mass is 426 g/mol. The van der Waals surface area contributed by atoms with Crippen LogP contribution >= 0.6 is 0 Å². The van der Waals surface area contributed by atoms with Crippen molar-refractivity contribution >= 4 is 0 Å². The Labute approximate surface area is 191 Å². The quantitative estimate of drug-likeness (QED) is 0.110. The third-order valence-corrected chi connectivity index (χ3v) is 6.36. The summed E-state index contributed by atoms with van der Waals surface area (Å²) in [6, 6.07) is 0. The second kappa shape index (κ2) is 27.0. The minimum Gasteiger partial charge on any atom is -0.368 e. The molecule has 0 fully saturated rings. The molecule has 0 aromatic heterocycles. The van der Waals surface area contributed by atoms with Gasteiger partial charge < -0.3 is 9.84 Å². The van der Waals surface area contributed by atoms with Crippen LogP contribution in [-0.2, 0) is 4.74 Å². The summed E-state index contributed by atoms with van der Waals surface area (Å²) in [6.07, 6.45) is 31.5. The normalized spacial score (nSPS) is 12.5. The van der Waals surface area contributed by atoms with E-state index in [-0.39, 0.29) is 0 Å². The van der Waals surface area contributed by atoms with Crippen LogP contribution in [0.15, 0.2) is 0 Å². The molecule has 0 aliphatic carbocycles. The van der Waals surface area contributed by atoms with Crippen LogP contribution in [0.4, 0.5) is 0 Å². The van der Waals surface area contributed by atoms with Crippen molar-refractivity contribution in [3.63, 3.8) is 0 Å². The van der Waals surface area contributed by atoms with Crippen molar-refractivity contribution in [2.75, 3.05) is 6.61 Å². The molecule has 30 heavy (non-hydrogen) atoms. The minimum absolute atomic E-state index is 0.531. The number of aliphatic hydroxyl groups is 1. The fourth-order valence-corrected chi connectivity index (χ4v) is 4.23. The van der Waals surface area contributed by atoms with Crippen molar-refractivity contribution in [3.8, 4) is 0 Å². The van der Waals surface area contributed by atoms with Gasteiger partial charge in [0.2, 0.25) is 0 Å². The van der Waals surface area contributed by atoms with Gasteiger partial charge in [-0.3, -0.25) is 0 Å². The number of hydrogen-bond donors (Lipinski definition) is 1. The largest absolute Gasteiger partial charge is 0.368 e. The minimum atomic E-state index is -0.531. The standard InChI is InChI=1S/C28H58O2/c1-3-5-7-9-11-13-14-15-16-17-19-21-23-25-27-30-28(29)26-24-22-20-18-12-10-8-6-4-2/h28-29H,3-27H2,1-2H3. The molecule has 2 heteroatoms. The van der Waals surface area contributed by atoms with Crippen molar-refractivity contribution in [3.05, 3.63) is 0 Å². The maximum absolute atomic E-state index is 9.93. The second-order valence-electron chi connectivity index (χ2n) is 9.54. The lowest BCUT2D eigenvalue weighted by molar-refractivity contribution is -0.105. The van der Waals surface area contributed by atoms with Gasteiger partial charge in [-0.25, -0.2) is 0 Å². The molecule has 1 N–H and O–H groups in total. The van der Waals surface area contributed by atoms with Crippen molar-refractivity contribution in [1.82, 2.24) is 0 Å². The zero-order chi connectivity index (χ0) is 22.0. The van der Waals surface area contributed by atoms with Crippen LogP contribution in [0.1, 0.15) is 168 Å². The number of rotatable bonds is 26. The molecule has 0 saturated heterocycles. The number of unbranched alkanes of at least 4 members (excludes halogenated alkanes) is 21. The lowest BCUT2D eigenvalue weighted by atomic mass is 10.0. The Morgan fingerprint density at radius 1 is 0.433 bits per heavy atom. The maximum atomic E-state index is 9.93. The van der Waals surface area contributed by atoms with Crippen molar-refractivity contribution in [1.29, 1.82) is 0 Å². The van der Waals surface area contributed by atoms with Gasteiger partial charge in [-0.15, -0.1) is 0 Å². The van der Waals surface area contributed by atoms with Crippen LogP contribution < -0.4 is 0 Å². The van der Waals surface area contributed by atoms with Gasteiger partial charge >= 0.3 is 0 Å². The molecule has 2 nitrogen and oxygen atoms in total. The van der Waals surface area contributed by atoms with Crippen molar-refractivity contribution in [2.45, 2.75) is 174 Å². The highest BCUT2D eigenvalue weighted by Crippen LogP contribution is 2.14. The summed E-state index contributed by atoms with van der Waals surface area (Å²) in [4.78, 5) is 0. The lowest BCUT2D eigenvalue weighted by Gasteiger charge is -2.12. The summed E-state index contributed by atoms with van der Waals surface area (Å²) in [5.41, 5.74) is 0. The maximum Gasteiger partial charge on any atom is 0.154 e. The van der Waals surface area contributed by atoms with Crippen LogP contribution in [0.25, 0.3) is 0 Å². The topological polar surface area (TPSA) is 29.5 Å². The molecule has 0 aliphatic heterocycles. The van der Waals surface area contributed by atoms with E-state index in [0.717, 1.165) is 25.9 Å². The molecule has 0 radical (unpaired) electrons. The molecule has 0 aromatic rings. The molecule has 0 spiro atoms. The average Bonchev–Trinajstić information content (AvgIpc) is 2.75. The van der Waals surface area contributed by atoms with E-state index < -0.39 is 6.29 Å². The van der Waals surface area contributed by atoms with Crippen LogP contribution in [0.5, 0.6) is 0 Å². The Bertz CT molecular complexity index is 292. The van der Waals surface area contributed by atoms with Crippen molar-refractivity contribution in [2.24, 2.45) is 0 Å². The van der Waals surface area contributed by atoms with Crippen molar-refractivity contribution < 1.29 is 9.84 Å². The van der Waals surface area contributed by atoms with Gasteiger partial charge in [0, 0.05) is 6.61 Å². The Balaban J connectivity index is 3.12. The third kappa shape index (κ3) is 26.0. The first kappa shape index (κ1) is 29.9. The van der Waals surface area contributed by atoms with Gasteiger partial charge in [-0.1, -0.05) is 149 Å². The molecule has 0 rings (SSSR count). The Morgan fingerprint density at radius 3 is 1.10 bits per heavy atom. The summed E-state index contributed by atoms with van der Waals surface area (Å²) in [5, 5.41) is 9.93. The number of aliphatic hydroxyl groups excluding tert-OH is 1. The molecule has 0 saturated carbocycles. The highest BCUT2D eigenvalue weighted by atomic mass is 16.6. The van der Waals surface area contributed by atoms with Crippen LogP contribution in [0.2, 0.25) is 0 Å². The van der Waals surface area contributed by atoms with Crippen LogP contribution in [0, 0.1) is 0 Å². The lowest BCUT2D eigenvalue weighted by Crippen LogP contribution is -2.12. The summed E-state index contributed by atoms with van der Waals surface area (Å²) >= 11 is 0. The molecule has 182 valence electrons. The van der Waals surface area contributed by atoms with E-state index in [2.05, 4.69) is 13.8 Å². The first-order valence-electron chi connectivity index (χ1n) is 14.1. The van der Waals surface area contributed by atoms with E-state index in [1.54, 1.807) is 0 Å². The Morgan fingerprint density at radius 2 is 0.733 bits per heavy atom.